The molecule has 0 amide bonds. The largest absolute Gasteiger partial charge is 0.480 e. The van der Waals surface area contributed by atoms with Gasteiger partial charge in [-0.2, -0.15) is 0 Å². The SMILES string of the molecule is CC/C=C\C/C=C\C/C=C\C/C=C\CCCOCC(COP(=O)(O)OCC(N)C(=O)O)OC(=O)CCCCCCCCCCC. The fourth-order valence-electron chi connectivity index (χ4n) is 4.02. The average Bonchev–Trinajstić information content (AvgIpc) is 3.01. The van der Waals surface area contributed by atoms with Crippen LogP contribution in [0, 0.1) is 0 Å². The zero-order valence-corrected chi connectivity index (χ0v) is 28.6. The maximum Gasteiger partial charge on any atom is 0.472 e. The minimum absolute atomic E-state index is 0.0215. The van der Waals surface area contributed by atoms with Crippen LogP contribution in [0.4, 0.5) is 0 Å². The van der Waals surface area contributed by atoms with Gasteiger partial charge in [0.1, 0.15) is 12.1 Å². The topological polar surface area (TPSA) is 155 Å². The third-order valence-electron chi connectivity index (χ3n) is 6.62. The third-order valence-corrected chi connectivity index (χ3v) is 7.57. The van der Waals surface area contributed by atoms with Gasteiger partial charge in [-0.1, -0.05) is 114 Å². The molecular formula is C34H60NO9P. The molecule has 0 aromatic carbocycles. The summed E-state index contributed by atoms with van der Waals surface area (Å²) in [5.41, 5.74) is 5.31. The van der Waals surface area contributed by atoms with Crippen molar-refractivity contribution in [3.8, 4) is 0 Å². The van der Waals surface area contributed by atoms with Gasteiger partial charge >= 0.3 is 19.8 Å². The second-order valence-corrected chi connectivity index (χ2v) is 12.4. The summed E-state index contributed by atoms with van der Waals surface area (Å²) in [6.07, 6.45) is 31.9. The Morgan fingerprint density at radius 2 is 1.27 bits per heavy atom. The lowest BCUT2D eigenvalue weighted by atomic mass is 10.1. The van der Waals surface area contributed by atoms with Crippen molar-refractivity contribution >= 4 is 19.8 Å². The predicted octanol–water partition coefficient (Wildman–Crippen LogP) is 7.97. The summed E-state index contributed by atoms with van der Waals surface area (Å²) in [7, 11) is -4.61. The smallest absolute Gasteiger partial charge is 0.472 e. The van der Waals surface area contributed by atoms with Crippen molar-refractivity contribution < 1.29 is 42.7 Å². The van der Waals surface area contributed by atoms with E-state index >= 15 is 0 Å². The number of hydrogen-bond donors (Lipinski definition) is 3. The number of nitrogens with two attached hydrogens (primary N) is 1. The Labute approximate surface area is 271 Å². The zero-order chi connectivity index (χ0) is 33.4. The first-order valence-electron chi connectivity index (χ1n) is 16.7. The highest BCUT2D eigenvalue weighted by atomic mass is 31.2. The number of carboxylic acid groups (broad SMARTS) is 1. The Morgan fingerprint density at radius 3 is 1.84 bits per heavy atom. The summed E-state index contributed by atoms with van der Waals surface area (Å²) in [5.74, 6) is -1.81. The van der Waals surface area contributed by atoms with Gasteiger partial charge in [0, 0.05) is 13.0 Å². The van der Waals surface area contributed by atoms with E-state index in [1.807, 2.05) is 0 Å². The summed E-state index contributed by atoms with van der Waals surface area (Å²) in [6.45, 7) is 3.55. The molecule has 0 aliphatic carbocycles. The maximum atomic E-state index is 12.4. The molecule has 10 nitrogen and oxygen atoms in total. The van der Waals surface area contributed by atoms with Gasteiger partial charge in [0.2, 0.25) is 0 Å². The summed E-state index contributed by atoms with van der Waals surface area (Å²) < 4.78 is 32.9. The van der Waals surface area contributed by atoms with Gasteiger partial charge in [-0.25, -0.2) is 4.57 Å². The predicted molar refractivity (Wildman–Crippen MR) is 180 cm³/mol. The van der Waals surface area contributed by atoms with Gasteiger partial charge in [-0.3, -0.25) is 18.6 Å². The molecule has 0 aliphatic heterocycles. The molecule has 0 radical (unpaired) electrons. The first-order chi connectivity index (χ1) is 21.7. The monoisotopic (exact) mass is 657 g/mol. The Balaban J connectivity index is 4.47. The highest BCUT2D eigenvalue weighted by molar-refractivity contribution is 7.47. The van der Waals surface area contributed by atoms with E-state index in [1.165, 1.54) is 32.1 Å². The number of allylic oxidation sites excluding steroid dienone is 8. The average molecular weight is 658 g/mol. The van der Waals surface area contributed by atoms with E-state index in [-0.39, 0.29) is 13.0 Å². The molecule has 0 aromatic heterocycles. The van der Waals surface area contributed by atoms with Crippen molar-refractivity contribution in [2.45, 2.75) is 129 Å². The van der Waals surface area contributed by atoms with E-state index in [1.54, 1.807) is 0 Å². The number of rotatable bonds is 31. The van der Waals surface area contributed by atoms with E-state index in [4.69, 9.17) is 24.8 Å². The molecule has 260 valence electrons. The highest BCUT2D eigenvalue weighted by Gasteiger charge is 2.27. The van der Waals surface area contributed by atoms with Crippen LogP contribution in [0.1, 0.15) is 117 Å². The highest BCUT2D eigenvalue weighted by Crippen LogP contribution is 2.43. The molecule has 0 bridgehead atoms. The summed E-state index contributed by atoms with van der Waals surface area (Å²) >= 11 is 0. The van der Waals surface area contributed by atoms with Crippen LogP contribution in [0.15, 0.2) is 48.6 Å². The van der Waals surface area contributed by atoms with Gasteiger partial charge in [-0.05, 0) is 44.9 Å². The lowest BCUT2D eigenvalue weighted by molar-refractivity contribution is -0.154. The minimum Gasteiger partial charge on any atom is -0.480 e. The van der Waals surface area contributed by atoms with Crippen molar-refractivity contribution in [1.82, 2.24) is 0 Å². The van der Waals surface area contributed by atoms with Crippen LogP contribution >= 0.6 is 7.82 Å². The molecule has 4 N–H and O–H groups in total. The summed E-state index contributed by atoms with van der Waals surface area (Å²) in [4.78, 5) is 33.2. The second-order valence-electron chi connectivity index (χ2n) is 10.9. The molecule has 0 saturated heterocycles. The van der Waals surface area contributed by atoms with Crippen molar-refractivity contribution in [3.05, 3.63) is 48.6 Å². The maximum absolute atomic E-state index is 12.4. The molecule has 3 atom stereocenters. The van der Waals surface area contributed by atoms with E-state index in [9.17, 15) is 19.0 Å². The van der Waals surface area contributed by atoms with E-state index in [2.05, 4.69) is 67.0 Å². The normalized spacial score (nSPS) is 14.9. The Morgan fingerprint density at radius 1 is 0.733 bits per heavy atom. The molecule has 0 saturated carbocycles. The van der Waals surface area contributed by atoms with E-state index < -0.39 is 45.1 Å². The first-order valence-corrected chi connectivity index (χ1v) is 18.2. The molecule has 0 fully saturated rings. The van der Waals surface area contributed by atoms with Gasteiger partial charge < -0.3 is 25.2 Å². The molecule has 0 heterocycles. The number of ether oxygens (including phenoxy) is 2. The van der Waals surface area contributed by atoms with Crippen LogP contribution in [-0.4, -0.2) is 60.5 Å². The molecule has 45 heavy (non-hydrogen) atoms. The fourth-order valence-corrected chi connectivity index (χ4v) is 4.80. The fraction of sp³-hybridized carbons (Fsp3) is 0.706. The van der Waals surface area contributed by atoms with Crippen molar-refractivity contribution in [2.75, 3.05) is 26.4 Å². The molecule has 0 rings (SSSR count). The molecule has 0 spiro atoms. The van der Waals surface area contributed by atoms with Crippen molar-refractivity contribution in [2.24, 2.45) is 5.73 Å². The summed E-state index contributed by atoms with van der Waals surface area (Å²) in [6, 6.07) is -1.48. The lowest BCUT2D eigenvalue weighted by Crippen LogP contribution is -2.34. The number of phosphoric ester groups is 1. The number of carbonyl (C=O) groups excluding carboxylic acids is 1. The van der Waals surface area contributed by atoms with E-state index in [0.717, 1.165) is 57.8 Å². The van der Waals surface area contributed by atoms with E-state index in [0.29, 0.717) is 13.0 Å². The van der Waals surface area contributed by atoms with Gasteiger partial charge in [-0.15, -0.1) is 0 Å². The van der Waals surface area contributed by atoms with Crippen LogP contribution in [0.2, 0.25) is 0 Å². The quantitative estimate of drug-likeness (QED) is 0.0289. The number of aliphatic carboxylic acids is 1. The van der Waals surface area contributed by atoms with Crippen LogP contribution in [-0.2, 0) is 32.7 Å². The number of hydrogen-bond acceptors (Lipinski definition) is 8. The molecule has 11 heteroatoms. The van der Waals surface area contributed by atoms with Gasteiger partial charge in [0.15, 0.2) is 0 Å². The Kier molecular flexibility index (Phi) is 29.2. The number of phosphoric acid groups is 1. The van der Waals surface area contributed by atoms with Gasteiger partial charge in [0.25, 0.3) is 0 Å². The number of esters is 1. The lowest BCUT2D eigenvalue weighted by Gasteiger charge is -2.20. The zero-order valence-electron chi connectivity index (χ0n) is 27.7. The Hall–Kier alpha value is -2.07. The standard InChI is InChI=1S/C34H60NO9P/c1-3-5-7-9-11-13-14-15-16-17-19-21-23-25-27-41-28-31(29-42-45(39,40)43-30-32(35)34(37)38)44-33(36)26-24-22-20-18-12-10-8-6-4-2/h5,7,11,13,15-16,19,21,31-32H,3-4,6,8-10,12,14,17-18,20,22-30,35H2,1-2H3,(H,37,38)(H,39,40)/b7-5-,13-11-,16-15-,21-19-. The van der Waals surface area contributed by atoms with Crippen LogP contribution in [0.25, 0.3) is 0 Å². The van der Waals surface area contributed by atoms with Crippen molar-refractivity contribution in [1.29, 1.82) is 0 Å². The van der Waals surface area contributed by atoms with Crippen LogP contribution < -0.4 is 5.73 Å². The van der Waals surface area contributed by atoms with Gasteiger partial charge in [0.05, 0.1) is 19.8 Å². The third kappa shape index (κ3) is 30.4. The number of carbonyl (C=O) groups is 2. The van der Waals surface area contributed by atoms with Crippen LogP contribution in [0.5, 0.6) is 0 Å². The molecular weight excluding hydrogens is 597 g/mol. The summed E-state index contributed by atoms with van der Waals surface area (Å²) in [5, 5.41) is 8.83. The van der Waals surface area contributed by atoms with Crippen molar-refractivity contribution in [3.63, 3.8) is 0 Å². The molecule has 0 aromatic rings. The molecule has 0 aliphatic rings. The van der Waals surface area contributed by atoms with Crippen LogP contribution in [0.3, 0.4) is 0 Å². The Bertz CT molecular complexity index is 904. The second kappa shape index (κ2) is 30.6. The first kappa shape index (κ1) is 42.9. The number of carboxylic acids is 1. The molecule has 3 unspecified atom stereocenters. The minimum atomic E-state index is -4.61. The number of unbranched alkanes of at least 4 members (excludes halogenated alkanes) is 9.